The largest absolute Gasteiger partial charge is 0.397 e. The van der Waals surface area contributed by atoms with E-state index in [0.717, 1.165) is 6.07 Å². The molecule has 0 spiro atoms. The summed E-state index contributed by atoms with van der Waals surface area (Å²) in [5.41, 5.74) is 5.94. The maximum atomic E-state index is 12.6. The second-order valence-corrected chi connectivity index (χ2v) is 6.42. The topological polar surface area (TPSA) is 115 Å². The number of ketones is 2. The predicted octanol–water partition coefficient (Wildman–Crippen LogP) is 1.60. The van der Waals surface area contributed by atoms with Crippen LogP contribution in [-0.4, -0.2) is 24.5 Å². The maximum Gasteiger partial charge on any atom is 0.296 e. The number of hydrogen-bond acceptors (Lipinski definition) is 5. The molecule has 0 saturated carbocycles. The van der Waals surface area contributed by atoms with E-state index in [4.69, 9.17) is 5.73 Å². The van der Waals surface area contributed by atoms with Crippen LogP contribution in [0.5, 0.6) is 0 Å². The lowest BCUT2D eigenvalue weighted by atomic mass is 9.81. The molecule has 0 bridgehead atoms. The van der Waals surface area contributed by atoms with Crippen molar-refractivity contribution < 1.29 is 22.6 Å². The number of nitrogen functional groups attached to an aromatic ring is 1. The smallest absolute Gasteiger partial charge is 0.296 e. The average Bonchev–Trinajstić information content (AvgIpc) is 2.45. The first-order chi connectivity index (χ1) is 10.2. The molecule has 2 aromatic carbocycles. The predicted molar refractivity (Wildman–Crippen MR) is 78.7 cm³/mol. The van der Waals surface area contributed by atoms with Crippen LogP contribution < -0.4 is 5.73 Å². The van der Waals surface area contributed by atoms with E-state index in [2.05, 4.69) is 0 Å². The minimum absolute atomic E-state index is 0.0774. The second kappa shape index (κ2) is 4.49. The highest BCUT2D eigenvalue weighted by molar-refractivity contribution is 7.86. The third-order valence-electron chi connectivity index (χ3n) is 3.68. The van der Waals surface area contributed by atoms with Crippen LogP contribution in [0, 0.1) is 6.92 Å². The molecular weight excluding hydrogens is 306 g/mol. The number of fused-ring (bicyclic) bond motifs is 2. The van der Waals surface area contributed by atoms with Crippen molar-refractivity contribution in [3.63, 3.8) is 0 Å². The summed E-state index contributed by atoms with van der Waals surface area (Å²) in [6, 6.07) is 7.35. The van der Waals surface area contributed by atoms with Crippen LogP contribution in [0.1, 0.15) is 37.4 Å². The molecule has 0 heterocycles. The van der Waals surface area contributed by atoms with Crippen molar-refractivity contribution in [3.8, 4) is 0 Å². The van der Waals surface area contributed by atoms with Gasteiger partial charge in [0.25, 0.3) is 10.1 Å². The Kier molecular flexibility index (Phi) is 2.95. The Morgan fingerprint density at radius 2 is 1.50 bits per heavy atom. The van der Waals surface area contributed by atoms with E-state index in [0.29, 0.717) is 0 Å². The summed E-state index contributed by atoms with van der Waals surface area (Å²) in [7, 11) is -4.60. The minimum Gasteiger partial charge on any atom is -0.397 e. The van der Waals surface area contributed by atoms with E-state index < -0.39 is 32.3 Å². The molecule has 0 atom stereocenters. The lowest BCUT2D eigenvalue weighted by Crippen LogP contribution is -2.24. The van der Waals surface area contributed by atoms with Crippen LogP contribution in [0.15, 0.2) is 35.2 Å². The lowest BCUT2D eigenvalue weighted by molar-refractivity contribution is 0.0979. The van der Waals surface area contributed by atoms with Crippen LogP contribution >= 0.6 is 0 Å². The van der Waals surface area contributed by atoms with Crippen molar-refractivity contribution in [2.24, 2.45) is 0 Å². The zero-order valence-corrected chi connectivity index (χ0v) is 12.3. The highest BCUT2D eigenvalue weighted by atomic mass is 32.2. The Bertz CT molecular complexity index is 960. The number of hydrogen-bond donors (Lipinski definition) is 2. The molecule has 0 aliphatic heterocycles. The number of aryl methyl sites for hydroxylation is 1. The van der Waals surface area contributed by atoms with Crippen molar-refractivity contribution in [1.82, 2.24) is 0 Å². The number of rotatable bonds is 1. The molecule has 22 heavy (non-hydrogen) atoms. The first kappa shape index (κ1) is 14.4. The lowest BCUT2D eigenvalue weighted by Gasteiger charge is -2.21. The van der Waals surface area contributed by atoms with Crippen LogP contribution in [-0.2, 0) is 10.1 Å². The molecule has 3 rings (SSSR count). The normalized spacial score (nSPS) is 13.7. The van der Waals surface area contributed by atoms with E-state index in [1.165, 1.54) is 19.1 Å². The third-order valence-corrected chi connectivity index (χ3v) is 4.57. The first-order valence-corrected chi connectivity index (χ1v) is 7.76. The summed E-state index contributed by atoms with van der Waals surface area (Å²) in [6.07, 6.45) is 0. The first-order valence-electron chi connectivity index (χ1n) is 6.32. The van der Waals surface area contributed by atoms with Crippen molar-refractivity contribution in [2.75, 3.05) is 5.73 Å². The summed E-state index contributed by atoms with van der Waals surface area (Å²) in [5, 5.41) is 0. The summed E-state index contributed by atoms with van der Waals surface area (Å²) >= 11 is 0. The number of benzene rings is 2. The Morgan fingerprint density at radius 3 is 2.00 bits per heavy atom. The molecule has 0 fully saturated rings. The fourth-order valence-electron chi connectivity index (χ4n) is 2.69. The Hall–Kier alpha value is -2.51. The number of carbonyl (C=O) groups is 2. The van der Waals surface area contributed by atoms with Gasteiger partial charge >= 0.3 is 0 Å². The van der Waals surface area contributed by atoms with Crippen molar-refractivity contribution >= 4 is 27.4 Å². The Labute approximate surface area is 126 Å². The van der Waals surface area contributed by atoms with Gasteiger partial charge in [0.1, 0.15) is 4.90 Å². The van der Waals surface area contributed by atoms with Crippen LogP contribution in [0.3, 0.4) is 0 Å². The zero-order chi connectivity index (χ0) is 16.2. The maximum absolute atomic E-state index is 12.6. The van der Waals surface area contributed by atoms with Gasteiger partial charge in [-0.2, -0.15) is 8.42 Å². The number of carbonyl (C=O) groups excluding carboxylic acids is 2. The molecule has 0 radical (unpaired) electrons. The molecule has 0 aromatic heterocycles. The van der Waals surface area contributed by atoms with Crippen LogP contribution in [0.4, 0.5) is 5.69 Å². The molecule has 7 heteroatoms. The van der Waals surface area contributed by atoms with Crippen LogP contribution in [0.25, 0.3) is 0 Å². The highest BCUT2D eigenvalue weighted by Gasteiger charge is 2.35. The fraction of sp³-hybridized carbons (Fsp3) is 0.0667. The van der Waals surface area contributed by atoms with Gasteiger partial charge in [0.15, 0.2) is 11.6 Å². The Morgan fingerprint density at radius 1 is 1.00 bits per heavy atom. The summed E-state index contributed by atoms with van der Waals surface area (Å²) in [6.45, 7) is 1.49. The standard InChI is InChI=1S/C15H11NO5S/c1-7-6-10(22(19,20)21)13(16)12-11(7)14(17)8-4-2-3-5-9(8)15(12)18/h2-6H,16H2,1H3,(H,19,20,21). The van der Waals surface area contributed by atoms with E-state index in [1.54, 1.807) is 12.1 Å². The van der Waals surface area contributed by atoms with E-state index in [-0.39, 0.29) is 27.8 Å². The van der Waals surface area contributed by atoms with Gasteiger partial charge in [-0.25, -0.2) is 0 Å². The van der Waals surface area contributed by atoms with Gasteiger partial charge in [-0.05, 0) is 18.6 Å². The van der Waals surface area contributed by atoms with Gasteiger partial charge in [0.05, 0.1) is 11.3 Å². The Balaban J connectivity index is 2.44. The highest BCUT2D eigenvalue weighted by Crippen LogP contribution is 2.36. The van der Waals surface area contributed by atoms with Gasteiger partial charge in [-0.1, -0.05) is 24.3 Å². The SMILES string of the molecule is Cc1cc(S(=O)(=O)O)c(N)c2c1C(=O)c1ccccc1C2=O. The minimum atomic E-state index is -4.60. The summed E-state index contributed by atoms with van der Waals surface area (Å²) < 4.78 is 32.0. The molecule has 112 valence electrons. The molecule has 1 aliphatic carbocycles. The van der Waals surface area contributed by atoms with Crippen LogP contribution in [0.2, 0.25) is 0 Å². The summed E-state index contributed by atoms with van der Waals surface area (Å²) in [5.74, 6) is -0.924. The number of anilines is 1. The molecule has 0 amide bonds. The van der Waals surface area contributed by atoms with Crippen molar-refractivity contribution in [3.05, 3.63) is 58.1 Å². The molecule has 0 unspecified atom stereocenters. The average molecular weight is 317 g/mol. The van der Waals surface area contributed by atoms with Gasteiger partial charge in [-0.15, -0.1) is 0 Å². The van der Waals surface area contributed by atoms with Crippen molar-refractivity contribution in [1.29, 1.82) is 0 Å². The summed E-state index contributed by atoms with van der Waals surface area (Å²) in [4.78, 5) is 24.6. The molecule has 1 aliphatic rings. The molecule has 6 nitrogen and oxygen atoms in total. The monoisotopic (exact) mass is 317 g/mol. The molecule has 2 aromatic rings. The van der Waals surface area contributed by atoms with Gasteiger partial charge in [0.2, 0.25) is 0 Å². The van der Waals surface area contributed by atoms with Crippen molar-refractivity contribution in [2.45, 2.75) is 11.8 Å². The zero-order valence-electron chi connectivity index (χ0n) is 11.5. The molecule has 0 saturated heterocycles. The quantitative estimate of drug-likeness (QED) is 0.520. The second-order valence-electron chi connectivity index (χ2n) is 5.03. The molecule has 3 N–H and O–H groups in total. The van der Waals surface area contributed by atoms with E-state index in [9.17, 15) is 22.6 Å². The van der Waals surface area contributed by atoms with Gasteiger partial charge < -0.3 is 5.73 Å². The van der Waals surface area contributed by atoms with Gasteiger partial charge in [-0.3, -0.25) is 14.1 Å². The van der Waals surface area contributed by atoms with E-state index >= 15 is 0 Å². The fourth-order valence-corrected chi connectivity index (χ4v) is 3.40. The third kappa shape index (κ3) is 1.87. The number of nitrogens with two attached hydrogens (primary N) is 1. The molecular formula is C15H11NO5S. The van der Waals surface area contributed by atoms with Gasteiger partial charge in [0, 0.05) is 16.7 Å². The van der Waals surface area contributed by atoms with E-state index in [1.807, 2.05) is 0 Å².